The third kappa shape index (κ3) is 5.50. The summed E-state index contributed by atoms with van der Waals surface area (Å²) in [4.78, 5) is 13.0. The van der Waals surface area contributed by atoms with E-state index in [1.165, 1.54) is 16.7 Å². The lowest BCUT2D eigenvalue weighted by molar-refractivity contribution is -0.110. The molecule has 19 heavy (non-hydrogen) atoms. The van der Waals surface area contributed by atoms with Gasteiger partial charge in [0.1, 0.15) is 4.83 Å². The largest absolute Gasteiger partial charge is 0.323 e. The second-order valence-electron chi connectivity index (χ2n) is 5.23. The third-order valence-corrected chi connectivity index (χ3v) is 5.55. The van der Waals surface area contributed by atoms with E-state index in [9.17, 15) is 4.79 Å². The van der Waals surface area contributed by atoms with Crippen LogP contribution >= 0.6 is 39.5 Å². The van der Waals surface area contributed by atoms with Crippen LogP contribution in [0.5, 0.6) is 0 Å². The highest BCUT2D eigenvalue weighted by molar-refractivity contribution is 9.10. The molecule has 0 aromatic heterocycles. The average Bonchev–Trinajstić information content (AvgIpc) is 2.35. The Morgan fingerprint density at radius 2 is 1.79 bits per heavy atom. The summed E-state index contributed by atoms with van der Waals surface area (Å²) in [7, 11) is 0. The summed E-state index contributed by atoms with van der Waals surface area (Å²) in [5.74, 6) is 0. The average molecular weight is 362 g/mol. The lowest BCUT2D eigenvalue weighted by Gasteiger charge is -2.22. The fourth-order valence-corrected chi connectivity index (χ4v) is 3.36. The highest BCUT2D eigenvalue weighted by Gasteiger charge is 2.28. The van der Waals surface area contributed by atoms with Crippen LogP contribution < -0.4 is 5.73 Å². The lowest BCUT2D eigenvalue weighted by atomic mass is 10.1. The molecule has 0 bridgehead atoms. The summed E-state index contributed by atoms with van der Waals surface area (Å²) in [5, 5.41) is 0.0777. The first-order valence-corrected chi connectivity index (χ1v) is 8.97. The second-order valence-corrected chi connectivity index (χ2v) is 8.93. The molecule has 0 unspecified atom stereocenters. The molecule has 0 spiro atoms. The van der Waals surface area contributed by atoms with Crippen molar-refractivity contribution in [1.82, 2.24) is 0 Å². The maximum atomic E-state index is 12.1. The van der Waals surface area contributed by atoms with Crippen molar-refractivity contribution in [2.24, 2.45) is 5.73 Å². The minimum absolute atomic E-state index is 0.0777. The minimum Gasteiger partial charge on any atom is -0.323 e. The van der Waals surface area contributed by atoms with E-state index in [-0.39, 0.29) is 20.7 Å². The van der Waals surface area contributed by atoms with Gasteiger partial charge >= 0.3 is 0 Å². The molecule has 0 aliphatic rings. The SMILES string of the molecule is CSc1ccc([C@H](N)[C@@H](Br)C(=O)SC(C)(C)C)cc1. The van der Waals surface area contributed by atoms with Gasteiger partial charge in [-0.3, -0.25) is 4.79 Å². The molecular formula is C14H20BrNOS2. The Hall–Kier alpha value is 0.0300. The number of benzene rings is 1. The van der Waals surface area contributed by atoms with Crippen molar-refractivity contribution in [3.8, 4) is 0 Å². The van der Waals surface area contributed by atoms with E-state index in [4.69, 9.17) is 5.73 Å². The molecular weight excluding hydrogens is 342 g/mol. The number of hydrogen-bond acceptors (Lipinski definition) is 4. The van der Waals surface area contributed by atoms with Gasteiger partial charge < -0.3 is 5.73 Å². The van der Waals surface area contributed by atoms with Crippen LogP contribution in [0.3, 0.4) is 0 Å². The standard InChI is InChI=1S/C14H20BrNOS2/c1-14(2,3)19-13(17)11(15)12(16)9-5-7-10(18-4)8-6-9/h5-8,11-12H,16H2,1-4H3/t11-,12+/m1/s1. The van der Waals surface area contributed by atoms with Gasteiger partial charge in [0.2, 0.25) is 5.12 Å². The first-order chi connectivity index (χ1) is 8.74. The zero-order chi connectivity index (χ0) is 14.6. The second kappa shape index (κ2) is 7.16. The van der Waals surface area contributed by atoms with Gasteiger partial charge in [-0.15, -0.1) is 11.8 Å². The number of thioether (sulfide) groups is 2. The molecule has 0 aliphatic carbocycles. The van der Waals surface area contributed by atoms with E-state index in [1.807, 2.05) is 51.3 Å². The van der Waals surface area contributed by atoms with E-state index in [1.54, 1.807) is 11.8 Å². The fourth-order valence-electron chi connectivity index (χ4n) is 1.50. The van der Waals surface area contributed by atoms with Crippen LogP contribution in [0.15, 0.2) is 29.2 Å². The topological polar surface area (TPSA) is 43.1 Å². The Balaban J connectivity index is 2.75. The number of nitrogens with two attached hydrogens (primary N) is 1. The Bertz CT molecular complexity index is 428. The molecule has 0 saturated carbocycles. The van der Waals surface area contributed by atoms with Crippen molar-refractivity contribution in [3.63, 3.8) is 0 Å². The molecule has 1 aromatic rings. The van der Waals surface area contributed by atoms with Crippen LogP contribution in [0, 0.1) is 0 Å². The van der Waals surface area contributed by atoms with Crippen LogP contribution in [0.2, 0.25) is 0 Å². The Labute approximate surface area is 132 Å². The zero-order valence-corrected chi connectivity index (χ0v) is 14.9. The Morgan fingerprint density at radius 3 is 2.21 bits per heavy atom. The van der Waals surface area contributed by atoms with Crippen molar-refractivity contribution in [1.29, 1.82) is 0 Å². The van der Waals surface area contributed by atoms with Crippen molar-refractivity contribution in [3.05, 3.63) is 29.8 Å². The van der Waals surface area contributed by atoms with Crippen LogP contribution in [0.4, 0.5) is 0 Å². The summed E-state index contributed by atoms with van der Waals surface area (Å²) in [6, 6.07) is 7.71. The maximum absolute atomic E-state index is 12.1. The molecule has 2 N–H and O–H groups in total. The molecule has 1 aromatic carbocycles. The Morgan fingerprint density at radius 1 is 1.26 bits per heavy atom. The summed E-state index contributed by atoms with van der Waals surface area (Å²) in [6.45, 7) is 6.07. The van der Waals surface area contributed by atoms with Crippen LogP contribution in [0.1, 0.15) is 32.4 Å². The number of hydrogen-bond donors (Lipinski definition) is 1. The van der Waals surface area contributed by atoms with Gasteiger partial charge in [-0.05, 0) is 24.0 Å². The lowest BCUT2D eigenvalue weighted by Crippen LogP contribution is -2.29. The molecule has 1 rings (SSSR count). The molecule has 106 valence electrons. The molecule has 2 atom stereocenters. The van der Waals surface area contributed by atoms with Gasteiger partial charge in [0.05, 0.1) is 6.04 Å². The minimum atomic E-state index is -0.364. The highest BCUT2D eigenvalue weighted by atomic mass is 79.9. The molecule has 0 radical (unpaired) electrons. The van der Waals surface area contributed by atoms with Gasteiger partial charge in [0, 0.05) is 9.64 Å². The predicted molar refractivity (Wildman–Crippen MR) is 90.2 cm³/mol. The van der Waals surface area contributed by atoms with Crippen molar-refractivity contribution in [2.75, 3.05) is 6.26 Å². The molecule has 0 fully saturated rings. The van der Waals surface area contributed by atoms with Gasteiger partial charge in [-0.1, -0.05) is 60.6 Å². The Kier molecular flexibility index (Phi) is 6.43. The number of rotatable bonds is 4. The number of carbonyl (C=O) groups excluding carboxylic acids is 1. The van der Waals surface area contributed by atoms with Crippen molar-refractivity contribution < 1.29 is 4.79 Å². The van der Waals surface area contributed by atoms with Gasteiger partial charge in [0.25, 0.3) is 0 Å². The van der Waals surface area contributed by atoms with Crippen LogP contribution in [0.25, 0.3) is 0 Å². The van der Waals surface area contributed by atoms with E-state index in [2.05, 4.69) is 15.9 Å². The summed E-state index contributed by atoms with van der Waals surface area (Å²) in [6.07, 6.45) is 2.03. The first-order valence-electron chi connectivity index (χ1n) is 6.01. The van der Waals surface area contributed by atoms with E-state index >= 15 is 0 Å². The summed E-state index contributed by atoms with van der Waals surface area (Å²) >= 11 is 6.45. The highest BCUT2D eigenvalue weighted by Crippen LogP contribution is 2.32. The van der Waals surface area contributed by atoms with Gasteiger partial charge in [-0.25, -0.2) is 0 Å². The number of alkyl halides is 1. The van der Waals surface area contributed by atoms with E-state index < -0.39 is 0 Å². The van der Waals surface area contributed by atoms with Gasteiger partial charge in [-0.2, -0.15) is 0 Å². The zero-order valence-electron chi connectivity index (χ0n) is 11.6. The fraction of sp³-hybridized carbons (Fsp3) is 0.500. The molecule has 0 heterocycles. The van der Waals surface area contributed by atoms with Crippen LogP contribution in [-0.2, 0) is 4.79 Å². The molecule has 2 nitrogen and oxygen atoms in total. The van der Waals surface area contributed by atoms with Gasteiger partial charge in [0.15, 0.2) is 0 Å². The quantitative estimate of drug-likeness (QED) is 0.643. The summed E-state index contributed by atoms with van der Waals surface area (Å²) < 4.78 is -0.0917. The molecule has 0 aliphatic heterocycles. The monoisotopic (exact) mass is 361 g/mol. The number of halogens is 1. The van der Waals surface area contributed by atoms with Crippen molar-refractivity contribution in [2.45, 2.75) is 41.3 Å². The molecule has 0 amide bonds. The normalized spacial score (nSPS) is 15.1. The number of carbonyl (C=O) groups is 1. The maximum Gasteiger partial charge on any atom is 0.205 e. The van der Waals surface area contributed by atoms with E-state index in [0.29, 0.717) is 0 Å². The van der Waals surface area contributed by atoms with E-state index in [0.717, 1.165) is 5.56 Å². The van der Waals surface area contributed by atoms with Crippen molar-refractivity contribution >= 4 is 44.6 Å². The first kappa shape index (κ1) is 17.1. The summed E-state index contributed by atoms with van der Waals surface area (Å²) in [5.41, 5.74) is 7.14. The van der Waals surface area contributed by atoms with Crippen LogP contribution in [-0.4, -0.2) is 20.9 Å². The smallest absolute Gasteiger partial charge is 0.205 e. The predicted octanol–water partition coefficient (Wildman–Crippen LogP) is 4.23. The molecule has 0 saturated heterocycles. The third-order valence-electron chi connectivity index (χ3n) is 2.45. The molecule has 5 heteroatoms.